The van der Waals surface area contributed by atoms with Crippen molar-refractivity contribution in [2.45, 2.75) is 12.8 Å². The Morgan fingerprint density at radius 1 is 1.23 bits per heavy atom. The average Bonchev–Trinajstić information content (AvgIpc) is 3.15. The van der Waals surface area contributed by atoms with Crippen LogP contribution in [0.4, 0.5) is 5.69 Å². The summed E-state index contributed by atoms with van der Waals surface area (Å²) in [6.45, 7) is 0. The molecule has 1 amide bonds. The Morgan fingerprint density at radius 3 is 2.88 bits per heavy atom. The van der Waals surface area contributed by atoms with Crippen molar-refractivity contribution in [2.75, 3.05) is 12.4 Å². The molecule has 1 heterocycles. The molecule has 1 aromatic heterocycles. The quantitative estimate of drug-likeness (QED) is 0.734. The average molecular weight is 348 g/mol. The second-order valence-electron chi connectivity index (χ2n) is 5.44. The van der Waals surface area contributed by atoms with Gasteiger partial charge in [0, 0.05) is 18.5 Å². The van der Waals surface area contributed by atoms with Gasteiger partial charge in [0.15, 0.2) is 0 Å². The van der Waals surface area contributed by atoms with Crippen LogP contribution in [-0.2, 0) is 11.2 Å². The topological polar surface area (TPSA) is 101 Å². The van der Waals surface area contributed by atoms with Crippen molar-refractivity contribution >= 4 is 11.6 Å². The molecule has 0 saturated heterocycles. The van der Waals surface area contributed by atoms with Crippen molar-refractivity contribution < 1.29 is 13.9 Å². The number of hydrogen-bond donors (Lipinski definition) is 1. The lowest BCUT2D eigenvalue weighted by Crippen LogP contribution is -2.12. The fraction of sp³-hybridized carbons (Fsp3) is 0.158. The molecule has 0 saturated carbocycles. The van der Waals surface area contributed by atoms with Crippen LogP contribution in [0, 0.1) is 11.3 Å². The number of ether oxygens (including phenoxy) is 1. The predicted octanol–water partition coefficient (Wildman–Crippen LogP) is 3.19. The number of amides is 1. The van der Waals surface area contributed by atoms with Crippen molar-refractivity contribution in [1.29, 1.82) is 5.26 Å². The Morgan fingerprint density at radius 2 is 2.08 bits per heavy atom. The van der Waals surface area contributed by atoms with Gasteiger partial charge >= 0.3 is 0 Å². The SMILES string of the molecule is COc1ccccc1-c1nnc(CCC(=O)Nc2cccc(C#N)c2)o1. The van der Waals surface area contributed by atoms with Gasteiger partial charge in [-0.3, -0.25) is 4.79 Å². The Bertz CT molecular complexity index is 959. The molecule has 3 rings (SSSR count). The minimum atomic E-state index is -0.197. The molecule has 0 atom stereocenters. The zero-order valence-electron chi connectivity index (χ0n) is 14.1. The summed E-state index contributed by atoms with van der Waals surface area (Å²) in [5.74, 6) is 1.15. The first kappa shape index (κ1) is 17.2. The van der Waals surface area contributed by atoms with Crippen LogP contribution in [0.15, 0.2) is 52.9 Å². The number of methoxy groups -OCH3 is 1. The summed E-state index contributed by atoms with van der Waals surface area (Å²) >= 11 is 0. The molecule has 0 bridgehead atoms. The van der Waals surface area contributed by atoms with Gasteiger partial charge in [0.05, 0.1) is 24.3 Å². The molecule has 0 aliphatic rings. The van der Waals surface area contributed by atoms with Crippen molar-refractivity contribution in [3.63, 3.8) is 0 Å². The second kappa shape index (κ2) is 7.94. The molecule has 0 aliphatic heterocycles. The number of anilines is 1. The predicted molar refractivity (Wildman–Crippen MR) is 94.4 cm³/mol. The minimum absolute atomic E-state index is 0.185. The van der Waals surface area contributed by atoms with Crippen LogP contribution in [0.3, 0.4) is 0 Å². The van der Waals surface area contributed by atoms with Gasteiger partial charge in [0.2, 0.25) is 11.8 Å². The Kier molecular flexibility index (Phi) is 5.25. The Labute approximate surface area is 150 Å². The summed E-state index contributed by atoms with van der Waals surface area (Å²) in [7, 11) is 1.57. The minimum Gasteiger partial charge on any atom is -0.496 e. The molecule has 7 heteroatoms. The molecular weight excluding hydrogens is 332 g/mol. The zero-order valence-corrected chi connectivity index (χ0v) is 14.1. The van der Waals surface area contributed by atoms with Gasteiger partial charge in [0.25, 0.3) is 5.89 Å². The normalized spacial score (nSPS) is 10.2. The Hall–Kier alpha value is -3.66. The van der Waals surface area contributed by atoms with Crippen molar-refractivity contribution in [2.24, 2.45) is 0 Å². The highest BCUT2D eigenvalue weighted by Gasteiger charge is 2.14. The zero-order chi connectivity index (χ0) is 18.4. The molecule has 26 heavy (non-hydrogen) atoms. The van der Waals surface area contributed by atoms with Gasteiger partial charge in [-0.25, -0.2) is 0 Å². The summed E-state index contributed by atoms with van der Waals surface area (Å²) in [6.07, 6.45) is 0.496. The van der Waals surface area contributed by atoms with E-state index in [2.05, 4.69) is 15.5 Å². The number of nitrogens with zero attached hydrogens (tertiary/aromatic N) is 3. The van der Waals surface area contributed by atoms with Gasteiger partial charge in [0.1, 0.15) is 5.75 Å². The van der Waals surface area contributed by atoms with E-state index in [0.29, 0.717) is 40.8 Å². The molecule has 130 valence electrons. The van der Waals surface area contributed by atoms with E-state index < -0.39 is 0 Å². The summed E-state index contributed by atoms with van der Waals surface area (Å²) in [6, 6.07) is 16.1. The highest BCUT2D eigenvalue weighted by Crippen LogP contribution is 2.28. The van der Waals surface area contributed by atoms with E-state index >= 15 is 0 Å². The summed E-state index contributed by atoms with van der Waals surface area (Å²) in [5, 5.41) is 19.6. The smallest absolute Gasteiger partial charge is 0.251 e. The van der Waals surface area contributed by atoms with E-state index in [4.69, 9.17) is 14.4 Å². The number of benzene rings is 2. The van der Waals surface area contributed by atoms with Crippen LogP contribution in [0.1, 0.15) is 17.9 Å². The lowest BCUT2D eigenvalue weighted by molar-refractivity contribution is -0.116. The number of rotatable bonds is 6. The number of nitriles is 1. The number of carbonyl (C=O) groups is 1. The van der Waals surface area contributed by atoms with Crippen LogP contribution in [0.5, 0.6) is 5.75 Å². The van der Waals surface area contributed by atoms with Crippen molar-refractivity contribution in [3.8, 4) is 23.3 Å². The summed E-state index contributed by atoms with van der Waals surface area (Å²) < 4.78 is 10.9. The lowest BCUT2D eigenvalue weighted by Gasteiger charge is -2.04. The highest BCUT2D eigenvalue weighted by molar-refractivity contribution is 5.90. The van der Waals surface area contributed by atoms with Crippen LogP contribution in [-0.4, -0.2) is 23.2 Å². The highest BCUT2D eigenvalue weighted by atomic mass is 16.5. The third-order valence-electron chi connectivity index (χ3n) is 3.65. The molecule has 7 nitrogen and oxygen atoms in total. The molecule has 0 aliphatic carbocycles. The van der Waals surface area contributed by atoms with Crippen LogP contribution in [0.2, 0.25) is 0 Å². The molecule has 0 spiro atoms. The molecule has 1 N–H and O–H groups in total. The first-order chi connectivity index (χ1) is 12.7. The standard InChI is InChI=1S/C19H16N4O3/c1-25-16-8-3-2-7-15(16)19-23-22-18(26-19)10-9-17(24)21-14-6-4-5-13(11-14)12-20/h2-8,11H,9-10H2,1H3,(H,21,24). The van der Waals surface area contributed by atoms with Crippen LogP contribution < -0.4 is 10.1 Å². The van der Waals surface area contributed by atoms with Gasteiger partial charge in [-0.1, -0.05) is 18.2 Å². The fourth-order valence-corrected chi connectivity index (χ4v) is 2.40. The van der Waals surface area contributed by atoms with Crippen LogP contribution in [0.25, 0.3) is 11.5 Å². The maximum atomic E-state index is 12.1. The van der Waals surface area contributed by atoms with E-state index in [1.54, 1.807) is 31.4 Å². The molecule has 0 fully saturated rings. The Balaban J connectivity index is 1.61. The number of para-hydroxylation sites is 1. The van der Waals surface area contributed by atoms with Gasteiger partial charge in [-0.2, -0.15) is 5.26 Å². The van der Waals surface area contributed by atoms with Crippen molar-refractivity contribution in [1.82, 2.24) is 10.2 Å². The molecule has 3 aromatic rings. The monoisotopic (exact) mass is 348 g/mol. The van der Waals surface area contributed by atoms with E-state index in [-0.39, 0.29) is 12.3 Å². The maximum absolute atomic E-state index is 12.1. The summed E-state index contributed by atoms with van der Waals surface area (Å²) in [5.41, 5.74) is 1.77. The number of carbonyl (C=O) groups excluding carboxylic acids is 1. The first-order valence-corrected chi connectivity index (χ1v) is 7.95. The van der Waals surface area contributed by atoms with Gasteiger partial charge in [-0.15, -0.1) is 10.2 Å². The van der Waals surface area contributed by atoms with Crippen molar-refractivity contribution in [3.05, 3.63) is 60.0 Å². The van der Waals surface area contributed by atoms with Gasteiger partial charge in [-0.05, 0) is 30.3 Å². The third kappa shape index (κ3) is 4.05. The number of aryl methyl sites for hydroxylation is 1. The van der Waals surface area contributed by atoms with E-state index in [1.165, 1.54) is 0 Å². The van der Waals surface area contributed by atoms with E-state index in [1.807, 2.05) is 30.3 Å². The molecular formula is C19H16N4O3. The van der Waals surface area contributed by atoms with E-state index in [9.17, 15) is 4.79 Å². The maximum Gasteiger partial charge on any atom is 0.251 e. The first-order valence-electron chi connectivity index (χ1n) is 7.95. The van der Waals surface area contributed by atoms with Gasteiger partial charge < -0.3 is 14.5 Å². The third-order valence-corrected chi connectivity index (χ3v) is 3.65. The summed E-state index contributed by atoms with van der Waals surface area (Å²) in [4.78, 5) is 12.1. The number of nitrogens with one attached hydrogen (secondary N) is 1. The lowest BCUT2D eigenvalue weighted by atomic mass is 10.2. The number of aromatic nitrogens is 2. The number of hydrogen-bond acceptors (Lipinski definition) is 6. The van der Waals surface area contributed by atoms with Crippen LogP contribution >= 0.6 is 0 Å². The molecule has 0 unspecified atom stereocenters. The fourth-order valence-electron chi connectivity index (χ4n) is 2.40. The largest absolute Gasteiger partial charge is 0.496 e. The molecule has 2 aromatic carbocycles. The van der Waals surface area contributed by atoms with E-state index in [0.717, 1.165) is 0 Å². The molecule has 0 radical (unpaired) electrons. The second-order valence-corrected chi connectivity index (χ2v) is 5.44.